The minimum Gasteiger partial charge on any atom is -0.370 e. The van der Waals surface area contributed by atoms with Crippen LogP contribution in [0.2, 0.25) is 10.0 Å². The maximum Gasteiger partial charge on any atom is 0.135 e. The third-order valence-corrected chi connectivity index (χ3v) is 3.69. The van der Waals surface area contributed by atoms with E-state index in [1.54, 1.807) is 6.07 Å². The quantitative estimate of drug-likeness (QED) is 0.847. The lowest BCUT2D eigenvalue weighted by molar-refractivity contribution is 0.792. The van der Waals surface area contributed by atoms with Crippen LogP contribution < -0.4 is 5.32 Å². The molecule has 1 heterocycles. The number of hydrogen-bond acceptors (Lipinski definition) is 3. The third-order valence-electron chi connectivity index (χ3n) is 3.11. The summed E-state index contributed by atoms with van der Waals surface area (Å²) in [6, 6.07) is 7.50. The van der Waals surface area contributed by atoms with Gasteiger partial charge in [-0.2, -0.15) is 0 Å². The van der Waals surface area contributed by atoms with E-state index < -0.39 is 0 Å². The van der Waals surface area contributed by atoms with Crippen molar-refractivity contribution in [3.63, 3.8) is 0 Å². The van der Waals surface area contributed by atoms with Gasteiger partial charge in [0.15, 0.2) is 0 Å². The molecule has 0 aliphatic heterocycles. The largest absolute Gasteiger partial charge is 0.370 e. The summed E-state index contributed by atoms with van der Waals surface area (Å²) in [5, 5.41) is 4.53. The molecule has 0 atom stereocenters. The monoisotopic (exact) mass is 323 g/mol. The molecule has 1 aromatic carbocycles. The highest BCUT2D eigenvalue weighted by Crippen LogP contribution is 2.24. The van der Waals surface area contributed by atoms with Crippen molar-refractivity contribution in [2.24, 2.45) is 0 Å². The number of nitrogens with one attached hydrogen (secondary N) is 1. The summed E-state index contributed by atoms with van der Waals surface area (Å²) in [6.45, 7) is 7.12. The molecule has 0 radical (unpaired) electrons. The van der Waals surface area contributed by atoms with Crippen molar-refractivity contribution in [2.45, 2.75) is 33.1 Å². The van der Waals surface area contributed by atoms with Crippen LogP contribution in [0.15, 0.2) is 24.3 Å². The molecule has 2 rings (SSSR count). The maximum atomic E-state index is 6.23. The fraction of sp³-hybridized carbons (Fsp3) is 0.375. The third kappa shape index (κ3) is 4.32. The lowest BCUT2D eigenvalue weighted by Crippen LogP contribution is -2.07. The van der Waals surface area contributed by atoms with Gasteiger partial charge in [0, 0.05) is 34.8 Å². The zero-order valence-corrected chi connectivity index (χ0v) is 14.0. The number of aromatic nitrogens is 2. The maximum absolute atomic E-state index is 6.23. The van der Waals surface area contributed by atoms with Crippen LogP contribution in [0.1, 0.15) is 43.8 Å². The molecule has 5 heteroatoms. The highest BCUT2D eigenvalue weighted by molar-refractivity contribution is 6.35. The van der Waals surface area contributed by atoms with E-state index in [9.17, 15) is 0 Å². The number of benzene rings is 1. The number of nitrogens with zero attached hydrogens (tertiary/aromatic N) is 2. The topological polar surface area (TPSA) is 37.8 Å². The number of rotatable bonds is 5. The number of anilines is 1. The van der Waals surface area contributed by atoms with Crippen molar-refractivity contribution < 1.29 is 0 Å². The Morgan fingerprint density at radius 1 is 1.14 bits per heavy atom. The minimum absolute atomic E-state index is 0.352. The summed E-state index contributed by atoms with van der Waals surface area (Å²) in [5.74, 6) is 1.97. The van der Waals surface area contributed by atoms with Crippen molar-refractivity contribution >= 4 is 29.0 Å². The summed E-state index contributed by atoms with van der Waals surface area (Å²) in [5.41, 5.74) is 2.01. The molecule has 2 aromatic rings. The first-order valence-electron chi connectivity index (χ1n) is 7.05. The lowest BCUT2D eigenvalue weighted by Gasteiger charge is -2.11. The highest BCUT2D eigenvalue weighted by atomic mass is 35.5. The molecule has 3 nitrogen and oxygen atoms in total. The molecule has 0 saturated heterocycles. The highest BCUT2D eigenvalue weighted by Gasteiger charge is 2.10. The van der Waals surface area contributed by atoms with E-state index in [0.717, 1.165) is 29.4 Å². The first-order valence-corrected chi connectivity index (χ1v) is 7.80. The van der Waals surface area contributed by atoms with Gasteiger partial charge < -0.3 is 5.32 Å². The summed E-state index contributed by atoms with van der Waals surface area (Å²) in [7, 11) is 0. The average molecular weight is 324 g/mol. The standard InChI is InChI=1S/C16H19Cl2N3/c1-4-19-15-9-14(10(2)3)20-16(21-15)7-11-5-6-12(17)8-13(11)18/h5-6,8-10H,4,7H2,1-3H3,(H,19,20,21). The molecule has 1 N–H and O–H groups in total. The molecule has 0 fully saturated rings. The molecule has 0 aliphatic carbocycles. The molecular weight excluding hydrogens is 305 g/mol. The number of hydrogen-bond donors (Lipinski definition) is 1. The van der Waals surface area contributed by atoms with Crippen molar-refractivity contribution in [1.82, 2.24) is 9.97 Å². The Bertz CT molecular complexity index is 627. The van der Waals surface area contributed by atoms with Gasteiger partial charge in [0.1, 0.15) is 11.6 Å². The summed E-state index contributed by atoms with van der Waals surface area (Å²) in [4.78, 5) is 9.18. The van der Waals surface area contributed by atoms with Gasteiger partial charge in [0.05, 0.1) is 0 Å². The Hall–Kier alpha value is -1.32. The number of halogens is 2. The van der Waals surface area contributed by atoms with Crippen LogP contribution in [-0.4, -0.2) is 16.5 Å². The van der Waals surface area contributed by atoms with Crippen molar-refractivity contribution in [3.05, 3.63) is 51.4 Å². The van der Waals surface area contributed by atoms with Crippen molar-refractivity contribution in [3.8, 4) is 0 Å². The average Bonchev–Trinajstić information content (AvgIpc) is 2.42. The molecule has 1 aromatic heterocycles. The SMILES string of the molecule is CCNc1cc(C(C)C)nc(Cc2ccc(Cl)cc2Cl)n1. The van der Waals surface area contributed by atoms with Gasteiger partial charge in [-0.15, -0.1) is 0 Å². The Kier molecular flexibility index (Phi) is 5.43. The fourth-order valence-electron chi connectivity index (χ4n) is 2.00. The fourth-order valence-corrected chi connectivity index (χ4v) is 2.47. The molecule has 21 heavy (non-hydrogen) atoms. The zero-order chi connectivity index (χ0) is 15.4. The van der Waals surface area contributed by atoms with E-state index in [2.05, 4.69) is 29.1 Å². The molecule has 0 aliphatic rings. The summed E-state index contributed by atoms with van der Waals surface area (Å²) >= 11 is 12.2. The van der Waals surface area contributed by atoms with Gasteiger partial charge in [-0.25, -0.2) is 9.97 Å². The van der Waals surface area contributed by atoms with Gasteiger partial charge in [-0.3, -0.25) is 0 Å². The van der Waals surface area contributed by atoms with E-state index in [4.69, 9.17) is 23.2 Å². The smallest absolute Gasteiger partial charge is 0.135 e. The van der Waals surface area contributed by atoms with Gasteiger partial charge in [-0.1, -0.05) is 43.1 Å². The van der Waals surface area contributed by atoms with Crippen LogP contribution in [0.4, 0.5) is 5.82 Å². The Morgan fingerprint density at radius 2 is 1.90 bits per heavy atom. The van der Waals surface area contributed by atoms with Crippen LogP contribution in [0.5, 0.6) is 0 Å². The normalized spacial score (nSPS) is 11.0. The van der Waals surface area contributed by atoms with Crippen LogP contribution in [0, 0.1) is 0 Å². The molecule has 0 spiro atoms. The molecule has 0 amide bonds. The molecule has 112 valence electrons. The van der Waals surface area contributed by atoms with Gasteiger partial charge in [-0.05, 0) is 30.5 Å². The first-order chi connectivity index (χ1) is 9.99. The van der Waals surface area contributed by atoms with E-state index in [0.29, 0.717) is 22.4 Å². The Labute approximate surface area is 135 Å². The van der Waals surface area contributed by atoms with Crippen LogP contribution in [-0.2, 0) is 6.42 Å². The van der Waals surface area contributed by atoms with E-state index in [1.807, 2.05) is 25.1 Å². The molecule has 0 unspecified atom stereocenters. The lowest BCUT2D eigenvalue weighted by atomic mass is 10.1. The zero-order valence-electron chi connectivity index (χ0n) is 12.5. The van der Waals surface area contributed by atoms with Crippen molar-refractivity contribution in [1.29, 1.82) is 0 Å². The summed E-state index contributed by atoms with van der Waals surface area (Å²) in [6.07, 6.45) is 0.592. The molecular formula is C16H19Cl2N3. The van der Waals surface area contributed by atoms with Gasteiger partial charge in [0.25, 0.3) is 0 Å². The second-order valence-electron chi connectivity index (χ2n) is 5.19. The van der Waals surface area contributed by atoms with Crippen molar-refractivity contribution in [2.75, 3.05) is 11.9 Å². The predicted molar refractivity (Wildman–Crippen MR) is 89.6 cm³/mol. The first kappa shape index (κ1) is 16.1. The van der Waals surface area contributed by atoms with E-state index >= 15 is 0 Å². The van der Waals surface area contributed by atoms with Crippen LogP contribution in [0.25, 0.3) is 0 Å². The molecule has 0 saturated carbocycles. The van der Waals surface area contributed by atoms with Gasteiger partial charge in [0.2, 0.25) is 0 Å². The van der Waals surface area contributed by atoms with E-state index in [-0.39, 0.29) is 0 Å². The van der Waals surface area contributed by atoms with Crippen LogP contribution >= 0.6 is 23.2 Å². The Morgan fingerprint density at radius 3 is 2.52 bits per heavy atom. The second kappa shape index (κ2) is 7.10. The Balaban J connectivity index is 2.33. The summed E-state index contributed by atoms with van der Waals surface area (Å²) < 4.78 is 0. The predicted octanol–water partition coefficient (Wildman–Crippen LogP) is 4.93. The van der Waals surface area contributed by atoms with Crippen LogP contribution in [0.3, 0.4) is 0 Å². The minimum atomic E-state index is 0.352. The van der Waals surface area contributed by atoms with E-state index in [1.165, 1.54) is 0 Å². The second-order valence-corrected chi connectivity index (χ2v) is 6.04. The molecule has 0 bridgehead atoms. The van der Waals surface area contributed by atoms with Gasteiger partial charge >= 0.3 is 0 Å².